The maximum absolute atomic E-state index is 12.0. The van der Waals surface area contributed by atoms with Gasteiger partial charge >= 0.3 is 16.3 Å². The van der Waals surface area contributed by atoms with Crippen LogP contribution >= 0.6 is 0 Å². The number of benzene rings is 3. The highest BCUT2D eigenvalue weighted by Gasteiger charge is 2.37. The van der Waals surface area contributed by atoms with Crippen LogP contribution < -0.4 is 19.5 Å². The van der Waals surface area contributed by atoms with Crippen LogP contribution in [0.2, 0.25) is 0 Å². The van der Waals surface area contributed by atoms with Crippen LogP contribution in [0.1, 0.15) is 43.2 Å². The van der Waals surface area contributed by atoms with Crippen molar-refractivity contribution in [3.05, 3.63) is 90.0 Å². The lowest BCUT2D eigenvalue weighted by atomic mass is 9.66. The number of hydrogen-bond donors (Lipinski definition) is 4. The molecule has 1 aliphatic carbocycles. The molecule has 1 aliphatic rings. The van der Waals surface area contributed by atoms with Crippen molar-refractivity contribution >= 4 is 16.3 Å². The number of carboxylic acid groups (broad SMARTS) is 1. The quantitative estimate of drug-likeness (QED) is 0.279. The zero-order valence-corrected chi connectivity index (χ0v) is 22.3. The van der Waals surface area contributed by atoms with E-state index in [-0.39, 0.29) is 12.0 Å². The second-order valence-electron chi connectivity index (χ2n) is 9.79. The number of amides is 1. The van der Waals surface area contributed by atoms with Gasteiger partial charge in [-0.25, -0.2) is 9.52 Å². The van der Waals surface area contributed by atoms with E-state index in [1.165, 1.54) is 21.4 Å². The lowest BCUT2D eigenvalue weighted by Crippen LogP contribution is -2.44. The Morgan fingerprint density at radius 2 is 1.66 bits per heavy atom. The summed E-state index contributed by atoms with van der Waals surface area (Å²) in [6.45, 7) is 0.915. The molecule has 1 saturated carbocycles. The van der Waals surface area contributed by atoms with Crippen molar-refractivity contribution in [3.63, 3.8) is 0 Å². The zero-order valence-electron chi connectivity index (χ0n) is 21.5. The van der Waals surface area contributed by atoms with Gasteiger partial charge in [-0.15, -0.1) is 0 Å². The second kappa shape index (κ2) is 12.4. The van der Waals surface area contributed by atoms with Gasteiger partial charge in [-0.1, -0.05) is 66.7 Å². The van der Waals surface area contributed by atoms with Crippen molar-refractivity contribution in [1.29, 1.82) is 0 Å². The van der Waals surface area contributed by atoms with Crippen LogP contribution in [0.3, 0.4) is 0 Å². The first-order chi connectivity index (χ1) is 18.3. The van der Waals surface area contributed by atoms with Crippen LogP contribution in [-0.2, 0) is 22.2 Å². The van der Waals surface area contributed by atoms with Gasteiger partial charge < -0.3 is 15.2 Å². The summed E-state index contributed by atoms with van der Waals surface area (Å²) < 4.78 is 33.3. The maximum atomic E-state index is 12.0. The molecule has 4 N–H and O–H groups in total. The van der Waals surface area contributed by atoms with E-state index in [2.05, 4.69) is 52.5 Å². The van der Waals surface area contributed by atoms with E-state index in [0.29, 0.717) is 12.5 Å². The smallest absolute Gasteiger partial charge is 0.419 e. The van der Waals surface area contributed by atoms with Gasteiger partial charge in [-0.05, 0) is 71.9 Å². The summed E-state index contributed by atoms with van der Waals surface area (Å²) in [5.74, 6) is 0.759. The SMILES string of the molecule is COc1cccc(C2(CCNS(=O)(=O)NC(=O)O)CCC(NCc3ccc(-c4ccccc4)cc3)CC2)c1. The van der Waals surface area contributed by atoms with Crippen LogP contribution in [-0.4, -0.2) is 39.3 Å². The minimum absolute atomic E-state index is 0.131. The van der Waals surface area contributed by atoms with Crippen LogP contribution in [0.15, 0.2) is 78.9 Å². The lowest BCUT2D eigenvalue weighted by Gasteiger charge is -2.41. The van der Waals surface area contributed by atoms with Gasteiger partial charge in [0.1, 0.15) is 5.75 Å². The molecule has 0 atom stereocenters. The summed E-state index contributed by atoms with van der Waals surface area (Å²) in [6.07, 6.45) is 2.58. The van der Waals surface area contributed by atoms with Gasteiger partial charge in [-0.3, -0.25) is 0 Å². The first kappa shape index (κ1) is 27.6. The topological polar surface area (TPSA) is 117 Å². The van der Waals surface area contributed by atoms with Crippen LogP contribution in [0, 0.1) is 0 Å². The largest absolute Gasteiger partial charge is 0.497 e. The Labute approximate surface area is 224 Å². The van der Waals surface area contributed by atoms with E-state index < -0.39 is 16.3 Å². The molecule has 8 nitrogen and oxygen atoms in total. The number of ether oxygens (including phenoxy) is 1. The third-order valence-corrected chi connectivity index (χ3v) is 8.43. The first-order valence-electron chi connectivity index (χ1n) is 12.8. The summed E-state index contributed by atoms with van der Waals surface area (Å²) in [7, 11) is -2.48. The molecule has 0 aromatic heterocycles. The van der Waals surface area contributed by atoms with E-state index >= 15 is 0 Å². The normalized spacial score (nSPS) is 19.6. The Kier molecular flexibility index (Phi) is 9.04. The predicted molar refractivity (Wildman–Crippen MR) is 148 cm³/mol. The molecular weight excluding hydrogens is 502 g/mol. The van der Waals surface area contributed by atoms with Crippen LogP contribution in [0.25, 0.3) is 11.1 Å². The monoisotopic (exact) mass is 537 g/mol. The first-order valence-corrected chi connectivity index (χ1v) is 14.3. The molecule has 0 radical (unpaired) electrons. The van der Waals surface area contributed by atoms with Gasteiger partial charge in [0.05, 0.1) is 7.11 Å². The van der Waals surface area contributed by atoms with Crippen molar-refractivity contribution in [2.24, 2.45) is 0 Å². The summed E-state index contributed by atoms with van der Waals surface area (Å²) in [5.41, 5.74) is 4.50. The molecule has 4 rings (SSSR count). The number of carbonyl (C=O) groups is 1. The average Bonchev–Trinajstić information content (AvgIpc) is 2.92. The lowest BCUT2D eigenvalue weighted by molar-refractivity contribution is 0.201. The Balaban J connectivity index is 1.38. The molecule has 3 aromatic rings. The molecular formula is C29H35N3O5S. The van der Waals surface area contributed by atoms with E-state index in [0.717, 1.165) is 43.5 Å². The van der Waals surface area contributed by atoms with Crippen molar-refractivity contribution in [1.82, 2.24) is 14.8 Å². The van der Waals surface area contributed by atoms with Crippen molar-refractivity contribution in [3.8, 4) is 16.9 Å². The summed E-state index contributed by atoms with van der Waals surface area (Å²) in [6, 6.07) is 27.2. The molecule has 0 bridgehead atoms. The highest BCUT2D eigenvalue weighted by molar-refractivity contribution is 7.88. The van der Waals surface area contributed by atoms with E-state index in [9.17, 15) is 13.2 Å². The van der Waals surface area contributed by atoms with Crippen molar-refractivity contribution < 1.29 is 23.1 Å². The van der Waals surface area contributed by atoms with Gasteiger partial charge in [0.25, 0.3) is 0 Å². The van der Waals surface area contributed by atoms with Crippen LogP contribution in [0.4, 0.5) is 4.79 Å². The van der Waals surface area contributed by atoms with Gasteiger partial charge in [-0.2, -0.15) is 13.1 Å². The minimum atomic E-state index is -4.11. The third kappa shape index (κ3) is 7.34. The standard InChI is InChI=1S/C29H35N3O5S/c1-37-27-9-5-8-25(20-27)29(18-19-31-38(35,36)32-28(33)34)16-14-26(15-17-29)30-21-22-10-12-24(13-11-22)23-6-3-2-4-7-23/h2-13,20,26,30-32H,14-19,21H2,1H3,(H,33,34). The van der Waals surface area contributed by atoms with Gasteiger partial charge in [0, 0.05) is 19.1 Å². The van der Waals surface area contributed by atoms with E-state index in [1.807, 2.05) is 36.4 Å². The second-order valence-corrected chi connectivity index (χ2v) is 11.3. The Morgan fingerprint density at radius 3 is 2.32 bits per heavy atom. The molecule has 0 spiro atoms. The Bertz CT molecular complexity index is 1310. The number of nitrogens with one attached hydrogen (secondary N) is 3. The number of hydrogen-bond acceptors (Lipinski definition) is 5. The molecule has 1 fully saturated rings. The fourth-order valence-electron chi connectivity index (χ4n) is 5.29. The van der Waals surface area contributed by atoms with Crippen LogP contribution in [0.5, 0.6) is 5.75 Å². The molecule has 202 valence electrons. The minimum Gasteiger partial charge on any atom is -0.497 e. The highest BCUT2D eigenvalue weighted by Crippen LogP contribution is 2.43. The number of methoxy groups -OCH3 is 1. The zero-order chi connectivity index (χ0) is 27.0. The van der Waals surface area contributed by atoms with Gasteiger partial charge in [0.2, 0.25) is 0 Å². The predicted octanol–water partition coefficient (Wildman–Crippen LogP) is 4.82. The fraction of sp³-hybridized carbons (Fsp3) is 0.345. The van der Waals surface area contributed by atoms with E-state index in [4.69, 9.17) is 9.84 Å². The van der Waals surface area contributed by atoms with Crippen molar-refractivity contribution in [2.45, 2.75) is 50.1 Å². The summed E-state index contributed by atoms with van der Waals surface area (Å²) >= 11 is 0. The van der Waals surface area contributed by atoms with E-state index in [1.54, 1.807) is 7.11 Å². The molecule has 9 heteroatoms. The number of rotatable bonds is 11. The fourth-order valence-corrected chi connectivity index (χ4v) is 5.97. The third-order valence-electron chi connectivity index (χ3n) is 7.40. The highest BCUT2D eigenvalue weighted by atomic mass is 32.2. The molecule has 3 aromatic carbocycles. The summed E-state index contributed by atoms with van der Waals surface area (Å²) in [4.78, 5) is 10.8. The molecule has 1 amide bonds. The molecule has 0 heterocycles. The molecule has 38 heavy (non-hydrogen) atoms. The maximum Gasteiger partial charge on any atom is 0.419 e. The average molecular weight is 538 g/mol. The molecule has 0 unspecified atom stereocenters. The van der Waals surface area contributed by atoms with Gasteiger partial charge in [0.15, 0.2) is 0 Å². The summed E-state index contributed by atoms with van der Waals surface area (Å²) in [5, 5.41) is 12.5. The Morgan fingerprint density at radius 1 is 0.974 bits per heavy atom. The Hall–Kier alpha value is -3.40. The molecule has 0 saturated heterocycles. The molecule has 0 aliphatic heterocycles. The van der Waals surface area contributed by atoms with Crippen molar-refractivity contribution in [2.75, 3.05) is 13.7 Å².